The molecule has 1 aromatic heterocycles. The highest BCUT2D eigenvalue weighted by atomic mass is 16.4. The Balaban J connectivity index is 2.61. The summed E-state index contributed by atoms with van der Waals surface area (Å²) in [6.07, 6.45) is -1.82. The van der Waals surface area contributed by atoms with Crippen LogP contribution in [0.3, 0.4) is 0 Å². The number of benzene rings is 1. The van der Waals surface area contributed by atoms with E-state index in [0.29, 0.717) is 5.52 Å². The molecule has 1 heterocycles. The lowest BCUT2D eigenvalue weighted by atomic mass is 10.2. The maximum absolute atomic E-state index is 10.5. The summed E-state index contributed by atoms with van der Waals surface area (Å²) in [4.78, 5) is 14.3. The average molecular weight is 218 g/mol. The van der Waals surface area contributed by atoms with Gasteiger partial charge in [-0.05, 0) is 12.1 Å². The summed E-state index contributed by atoms with van der Waals surface area (Å²) < 4.78 is 5.05. The summed E-state index contributed by atoms with van der Waals surface area (Å²) in [5.41, 5.74) is 0.767. The van der Waals surface area contributed by atoms with Crippen molar-refractivity contribution in [3.8, 4) is 6.07 Å². The maximum atomic E-state index is 10.5. The normalized spacial score (nSPS) is 12.2. The van der Waals surface area contributed by atoms with E-state index >= 15 is 0 Å². The topological polar surface area (TPSA) is 107 Å². The fourth-order valence-electron chi connectivity index (χ4n) is 1.28. The number of carboxylic acid groups (broad SMARTS) is 1. The van der Waals surface area contributed by atoms with Crippen molar-refractivity contribution in [2.75, 3.05) is 0 Å². The van der Waals surface area contributed by atoms with Crippen molar-refractivity contribution in [3.63, 3.8) is 0 Å². The lowest BCUT2D eigenvalue weighted by Gasteiger charge is -1.97. The van der Waals surface area contributed by atoms with Crippen LogP contribution in [0.4, 0.5) is 0 Å². The third kappa shape index (κ3) is 1.49. The molecule has 0 aliphatic carbocycles. The van der Waals surface area contributed by atoms with Crippen LogP contribution in [0.15, 0.2) is 22.6 Å². The van der Waals surface area contributed by atoms with Gasteiger partial charge in [0, 0.05) is 0 Å². The second-order valence-electron chi connectivity index (χ2n) is 3.06. The number of para-hydroxylation sites is 1. The Bertz CT molecular complexity index is 596. The van der Waals surface area contributed by atoms with E-state index in [-0.39, 0.29) is 17.0 Å². The molecule has 1 unspecified atom stereocenters. The van der Waals surface area contributed by atoms with Crippen LogP contribution in [0.1, 0.15) is 17.6 Å². The quantitative estimate of drug-likeness (QED) is 0.772. The molecule has 0 aliphatic rings. The smallest absolute Gasteiger partial charge is 0.342 e. The highest BCUT2D eigenvalue weighted by molar-refractivity contribution is 5.80. The Morgan fingerprint density at radius 1 is 1.56 bits per heavy atom. The second-order valence-corrected chi connectivity index (χ2v) is 3.06. The summed E-state index contributed by atoms with van der Waals surface area (Å²) in [7, 11) is 0. The Labute approximate surface area is 89.4 Å². The molecular formula is C10H6N2O4. The largest absolute Gasteiger partial charge is 0.479 e. The lowest BCUT2D eigenvalue weighted by Crippen LogP contribution is -2.10. The number of rotatable bonds is 2. The molecule has 2 N–H and O–H groups in total. The monoisotopic (exact) mass is 218 g/mol. The number of aliphatic carboxylic acids is 1. The van der Waals surface area contributed by atoms with Crippen LogP contribution in [0.5, 0.6) is 0 Å². The molecule has 0 radical (unpaired) electrons. The average Bonchev–Trinajstić information content (AvgIpc) is 2.70. The predicted molar refractivity (Wildman–Crippen MR) is 51.3 cm³/mol. The number of hydrogen-bond acceptors (Lipinski definition) is 5. The predicted octanol–water partition coefficient (Wildman–Crippen LogP) is 0.817. The number of aliphatic hydroxyl groups is 1. The molecule has 80 valence electrons. The van der Waals surface area contributed by atoms with Crippen LogP contribution in [0, 0.1) is 11.3 Å². The standard InChI is InChI=1S/C10H6N2O4/c11-4-5-2-1-3-6-8(5)16-9(12-6)7(13)10(14)15/h1-3,7,13H,(H,14,15). The first-order valence-corrected chi connectivity index (χ1v) is 4.34. The number of nitrogens with zero attached hydrogens (tertiary/aromatic N) is 2. The minimum atomic E-state index is -1.82. The zero-order valence-electron chi connectivity index (χ0n) is 7.91. The number of oxazole rings is 1. The Hall–Kier alpha value is -2.39. The van der Waals surface area contributed by atoms with E-state index in [1.807, 2.05) is 6.07 Å². The lowest BCUT2D eigenvalue weighted by molar-refractivity contribution is -0.148. The van der Waals surface area contributed by atoms with E-state index in [2.05, 4.69) is 4.98 Å². The number of fused-ring (bicyclic) bond motifs is 1. The minimum absolute atomic E-state index is 0.181. The molecular weight excluding hydrogens is 212 g/mol. The van der Waals surface area contributed by atoms with Gasteiger partial charge in [0.05, 0.1) is 5.56 Å². The fourth-order valence-corrected chi connectivity index (χ4v) is 1.28. The van der Waals surface area contributed by atoms with E-state index in [4.69, 9.17) is 14.8 Å². The molecule has 0 fully saturated rings. The molecule has 1 aromatic carbocycles. The Kier molecular flexibility index (Phi) is 2.31. The van der Waals surface area contributed by atoms with Gasteiger partial charge in [0.2, 0.25) is 12.0 Å². The summed E-state index contributed by atoms with van der Waals surface area (Å²) >= 11 is 0. The van der Waals surface area contributed by atoms with E-state index in [1.54, 1.807) is 12.1 Å². The number of carbonyl (C=O) groups is 1. The first-order valence-electron chi connectivity index (χ1n) is 4.34. The van der Waals surface area contributed by atoms with Gasteiger partial charge in [-0.1, -0.05) is 6.07 Å². The van der Waals surface area contributed by atoms with Gasteiger partial charge < -0.3 is 14.6 Å². The van der Waals surface area contributed by atoms with Gasteiger partial charge in [0.15, 0.2) is 5.58 Å². The second kappa shape index (κ2) is 3.64. The third-order valence-electron chi connectivity index (χ3n) is 2.02. The molecule has 6 nitrogen and oxygen atoms in total. The summed E-state index contributed by atoms with van der Waals surface area (Å²) in [5, 5.41) is 26.6. The number of hydrogen-bond donors (Lipinski definition) is 2. The van der Waals surface area contributed by atoms with E-state index < -0.39 is 12.1 Å². The SMILES string of the molecule is N#Cc1cccc2nc(C(O)C(=O)O)oc12. The molecule has 1 atom stereocenters. The number of aromatic nitrogens is 1. The van der Waals surface area contributed by atoms with Gasteiger partial charge in [0.1, 0.15) is 11.6 Å². The van der Waals surface area contributed by atoms with Gasteiger partial charge in [-0.15, -0.1) is 0 Å². The van der Waals surface area contributed by atoms with Crippen molar-refractivity contribution in [3.05, 3.63) is 29.7 Å². The van der Waals surface area contributed by atoms with E-state index in [1.165, 1.54) is 6.07 Å². The molecule has 2 rings (SSSR count). The van der Waals surface area contributed by atoms with E-state index in [0.717, 1.165) is 0 Å². The first-order chi connectivity index (χ1) is 7.63. The van der Waals surface area contributed by atoms with E-state index in [9.17, 15) is 9.90 Å². The zero-order valence-corrected chi connectivity index (χ0v) is 7.91. The van der Waals surface area contributed by atoms with Crippen molar-refractivity contribution in [2.45, 2.75) is 6.10 Å². The van der Waals surface area contributed by atoms with Crippen LogP contribution in [0.25, 0.3) is 11.1 Å². The van der Waals surface area contributed by atoms with Crippen LogP contribution < -0.4 is 0 Å². The molecule has 0 spiro atoms. The third-order valence-corrected chi connectivity index (χ3v) is 2.02. The van der Waals surface area contributed by atoms with Crippen molar-refractivity contribution < 1.29 is 19.4 Å². The summed E-state index contributed by atoms with van der Waals surface area (Å²) in [6.45, 7) is 0. The summed E-state index contributed by atoms with van der Waals surface area (Å²) in [6, 6.07) is 6.57. The fraction of sp³-hybridized carbons (Fsp3) is 0.100. The van der Waals surface area contributed by atoms with Crippen LogP contribution in [0.2, 0.25) is 0 Å². The summed E-state index contributed by atoms with van der Waals surface area (Å²) in [5.74, 6) is -1.78. The van der Waals surface area contributed by atoms with Crippen LogP contribution in [-0.4, -0.2) is 21.2 Å². The molecule has 0 aliphatic heterocycles. The van der Waals surface area contributed by atoms with Gasteiger partial charge in [0.25, 0.3) is 0 Å². The maximum Gasteiger partial charge on any atom is 0.342 e. The van der Waals surface area contributed by atoms with Gasteiger partial charge >= 0.3 is 5.97 Å². The van der Waals surface area contributed by atoms with Crippen LogP contribution in [-0.2, 0) is 4.79 Å². The minimum Gasteiger partial charge on any atom is -0.479 e. The molecule has 0 saturated heterocycles. The van der Waals surface area contributed by atoms with Crippen molar-refractivity contribution in [1.82, 2.24) is 4.98 Å². The molecule has 0 bridgehead atoms. The van der Waals surface area contributed by atoms with Gasteiger partial charge in [-0.3, -0.25) is 0 Å². The molecule has 6 heteroatoms. The van der Waals surface area contributed by atoms with Gasteiger partial charge in [-0.2, -0.15) is 5.26 Å². The number of aliphatic hydroxyl groups excluding tert-OH is 1. The molecule has 2 aromatic rings. The van der Waals surface area contributed by atoms with Crippen molar-refractivity contribution in [2.24, 2.45) is 0 Å². The number of carboxylic acids is 1. The Morgan fingerprint density at radius 2 is 2.31 bits per heavy atom. The van der Waals surface area contributed by atoms with Crippen molar-refractivity contribution >= 4 is 17.1 Å². The molecule has 16 heavy (non-hydrogen) atoms. The molecule has 0 saturated carbocycles. The van der Waals surface area contributed by atoms with Crippen LogP contribution >= 0.6 is 0 Å². The Morgan fingerprint density at radius 3 is 2.94 bits per heavy atom. The number of nitriles is 1. The van der Waals surface area contributed by atoms with Gasteiger partial charge in [-0.25, -0.2) is 9.78 Å². The molecule has 0 amide bonds. The van der Waals surface area contributed by atoms with Crippen molar-refractivity contribution in [1.29, 1.82) is 5.26 Å². The first kappa shape index (κ1) is 10.1. The highest BCUT2D eigenvalue weighted by Gasteiger charge is 2.23. The zero-order chi connectivity index (χ0) is 11.7. The highest BCUT2D eigenvalue weighted by Crippen LogP contribution is 2.22.